The molecule has 3 atom stereocenters. The third kappa shape index (κ3) is 1.42. The van der Waals surface area contributed by atoms with Crippen molar-refractivity contribution in [3.05, 3.63) is 41.7 Å². The summed E-state index contributed by atoms with van der Waals surface area (Å²) >= 11 is 0. The molecule has 0 unspecified atom stereocenters. The second-order valence-electron chi connectivity index (χ2n) is 5.68. The number of hydrogen-bond acceptors (Lipinski definition) is 1. The zero-order valence-corrected chi connectivity index (χ0v) is 11.4. The zero-order valence-electron chi connectivity index (χ0n) is 10.5. The SMILES string of the molecule is CC1=C[P@](=O)(c2ccccc2)[C@H]2CCC[C@@]12C. The molecular formula is C15H19OP. The van der Waals surface area contributed by atoms with Crippen LogP contribution in [-0.4, -0.2) is 5.66 Å². The number of rotatable bonds is 1. The van der Waals surface area contributed by atoms with E-state index in [9.17, 15) is 4.57 Å². The van der Waals surface area contributed by atoms with Gasteiger partial charge in [-0.1, -0.05) is 49.2 Å². The van der Waals surface area contributed by atoms with Crippen molar-refractivity contribution in [3.8, 4) is 0 Å². The maximum Gasteiger partial charge on any atom is 0.140 e. The normalized spacial score (nSPS) is 40.1. The summed E-state index contributed by atoms with van der Waals surface area (Å²) in [4.78, 5) is 0. The minimum atomic E-state index is -2.31. The summed E-state index contributed by atoms with van der Waals surface area (Å²) < 4.78 is 13.4. The molecule has 0 spiro atoms. The average molecular weight is 246 g/mol. The molecule has 1 fully saturated rings. The van der Waals surface area contributed by atoms with Crippen molar-refractivity contribution < 1.29 is 4.57 Å². The molecule has 1 aromatic rings. The van der Waals surface area contributed by atoms with E-state index in [0.29, 0.717) is 5.66 Å². The lowest BCUT2D eigenvalue weighted by atomic mass is 9.82. The first-order valence-corrected chi connectivity index (χ1v) is 8.27. The fraction of sp³-hybridized carbons (Fsp3) is 0.467. The van der Waals surface area contributed by atoms with Gasteiger partial charge >= 0.3 is 0 Å². The molecule has 0 aromatic heterocycles. The largest absolute Gasteiger partial charge is 0.314 e. The van der Waals surface area contributed by atoms with E-state index in [0.717, 1.165) is 11.7 Å². The highest BCUT2D eigenvalue weighted by atomic mass is 31.2. The molecule has 1 aliphatic heterocycles. The lowest BCUT2D eigenvalue weighted by Gasteiger charge is -2.29. The Hall–Kier alpha value is -0.810. The minimum Gasteiger partial charge on any atom is -0.314 e. The summed E-state index contributed by atoms with van der Waals surface area (Å²) in [5.74, 6) is 2.10. The Kier molecular flexibility index (Phi) is 2.38. The smallest absolute Gasteiger partial charge is 0.140 e. The van der Waals surface area contributed by atoms with E-state index in [-0.39, 0.29) is 5.41 Å². The molecule has 0 amide bonds. The van der Waals surface area contributed by atoms with Gasteiger partial charge in [-0.15, -0.1) is 0 Å². The monoisotopic (exact) mass is 246 g/mol. The minimum absolute atomic E-state index is 0.200. The number of allylic oxidation sites excluding steroid dienone is 1. The molecule has 1 aromatic carbocycles. The van der Waals surface area contributed by atoms with Crippen LogP contribution in [-0.2, 0) is 4.57 Å². The van der Waals surface area contributed by atoms with Crippen molar-refractivity contribution in [1.29, 1.82) is 0 Å². The molecule has 3 rings (SSSR count). The standard InChI is InChI=1S/C15H19OP/c1-12-11-17(16,13-7-4-3-5-8-13)14-9-6-10-15(12,14)2/h3-5,7-8,11,14H,6,9-10H2,1-2H3/t14-,15-,17-/m0/s1. The Balaban J connectivity index is 2.14. The average Bonchev–Trinajstić information content (AvgIpc) is 2.81. The highest BCUT2D eigenvalue weighted by Gasteiger charge is 2.54. The fourth-order valence-electron chi connectivity index (χ4n) is 3.66. The molecule has 90 valence electrons. The van der Waals surface area contributed by atoms with Crippen LogP contribution in [0.25, 0.3) is 0 Å². The van der Waals surface area contributed by atoms with Crippen molar-refractivity contribution >= 4 is 12.4 Å². The van der Waals surface area contributed by atoms with E-state index < -0.39 is 7.14 Å². The highest BCUT2D eigenvalue weighted by molar-refractivity contribution is 7.75. The summed E-state index contributed by atoms with van der Waals surface area (Å²) in [5, 5.41) is 1.05. The highest BCUT2D eigenvalue weighted by Crippen LogP contribution is 2.70. The van der Waals surface area contributed by atoms with Gasteiger partial charge in [0.2, 0.25) is 0 Å². The molecule has 1 saturated carbocycles. The molecule has 2 heteroatoms. The van der Waals surface area contributed by atoms with Crippen LogP contribution in [0.15, 0.2) is 41.7 Å². The Morgan fingerprint density at radius 3 is 2.71 bits per heavy atom. The Morgan fingerprint density at radius 2 is 2.00 bits per heavy atom. The molecule has 0 saturated heterocycles. The fourth-order valence-corrected chi connectivity index (χ4v) is 7.61. The zero-order chi connectivity index (χ0) is 12.1. The molecular weight excluding hydrogens is 227 g/mol. The maximum atomic E-state index is 13.4. The van der Waals surface area contributed by atoms with Gasteiger partial charge in [0.15, 0.2) is 0 Å². The Morgan fingerprint density at radius 1 is 1.29 bits per heavy atom. The van der Waals surface area contributed by atoms with Crippen LogP contribution >= 0.6 is 7.14 Å². The van der Waals surface area contributed by atoms with Gasteiger partial charge < -0.3 is 4.57 Å². The van der Waals surface area contributed by atoms with Crippen molar-refractivity contribution in [1.82, 2.24) is 0 Å². The van der Waals surface area contributed by atoms with Gasteiger partial charge in [0, 0.05) is 11.0 Å². The van der Waals surface area contributed by atoms with Gasteiger partial charge in [-0.05, 0) is 31.0 Å². The predicted octanol–water partition coefficient (Wildman–Crippen LogP) is 4.15. The van der Waals surface area contributed by atoms with Gasteiger partial charge in [0.05, 0.1) is 0 Å². The Bertz CT molecular complexity index is 517. The van der Waals surface area contributed by atoms with Crippen LogP contribution in [0.4, 0.5) is 0 Å². The van der Waals surface area contributed by atoms with Gasteiger partial charge in [-0.25, -0.2) is 0 Å². The maximum absolute atomic E-state index is 13.4. The summed E-state index contributed by atoms with van der Waals surface area (Å²) in [6.45, 7) is 4.47. The summed E-state index contributed by atoms with van der Waals surface area (Å²) in [6, 6.07) is 10.1. The van der Waals surface area contributed by atoms with Crippen LogP contribution in [0.2, 0.25) is 0 Å². The van der Waals surface area contributed by atoms with Crippen molar-refractivity contribution in [2.24, 2.45) is 5.41 Å². The molecule has 0 radical (unpaired) electrons. The van der Waals surface area contributed by atoms with Gasteiger partial charge in [-0.3, -0.25) is 0 Å². The van der Waals surface area contributed by atoms with E-state index in [1.165, 1.54) is 18.4 Å². The molecule has 2 aliphatic rings. The molecule has 0 N–H and O–H groups in total. The van der Waals surface area contributed by atoms with E-state index >= 15 is 0 Å². The quantitative estimate of drug-likeness (QED) is 0.680. The second kappa shape index (κ2) is 3.59. The number of hydrogen-bond donors (Lipinski definition) is 0. The van der Waals surface area contributed by atoms with E-state index in [4.69, 9.17) is 0 Å². The van der Waals surface area contributed by atoms with E-state index in [1.54, 1.807) is 0 Å². The lowest BCUT2D eigenvalue weighted by molar-refractivity contribution is 0.423. The predicted molar refractivity (Wildman–Crippen MR) is 73.2 cm³/mol. The molecule has 0 bridgehead atoms. The summed E-state index contributed by atoms with van der Waals surface area (Å²) in [5.41, 5.74) is 1.91. The molecule has 1 heterocycles. The molecule has 17 heavy (non-hydrogen) atoms. The van der Waals surface area contributed by atoms with E-state index in [1.807, 2.05) is 30.3 Å². The Labute approximate surface area is 103 Å². The van der Waals surface area contributed by atoms with Crippen molar-refractivity contribution in [3.63, 3.8) is 0 Å². The van der Waals surface area contributed by atoms with Crippen LogP contribution in [0.1, 0.15) is 33.1 Å². The summed E-state index contributed by atoms with van der Waals surface area (Å²) in [6.07, 6.45) is 3.55. The third-order valence-electron chi connectivity index (χ3n) is 4.82. The third-order valence-corrected chi connectivity index (χ3v) is 8.45. The van der Waals surface area contributed by atoms with Crippen molar-refractivity contribution in [2.75, 3.05) is 0 Å². The topological polar surface area (TPSA) is 17.1 Å². The number of benzene rings is 1. The first kappa shape index (κ1) is 11.3. The van der Waals surface area contributed by atoms with Gasteiger partial charge in [0.25, 0.3) is 0 Å². The number of fused-ring (bicyclic) bond motifs is 1. The second-order valence-corrected chi connectivity index (χ2v) is 8.50. The molecule has 1 nitrogen and oxygen atoms in total. The van der Waals surface area contributed by atoms with Gasteiger partial charge in [0.1, 0.15) is 7.14 Å². The van der Waals surface area contributed by atoms with Crippen LogP contribution in [0, 0.1) is 5.41 Å². The van der Waals surface area contributed by atoms with Crippen LogP contribution < -0.4 is 5.30 Å². The first-order chi connectivity index (χ1) is 8.07. The summed E-state index contributed by atoms with van der Waals surface area (Å²) in [7, 11) is -2.31. The van der Waals surface area contributed by atoms with Gasteiger partial charge in [-0.2, -0.15) is 0 Å². The lowest BCUT2D eigenvalue weighted by Crippen LogP contribution is -2.25. The molecule has 1 aliphatic carbocycles. The first-order valence-electron chi connectivity index (χ1n) is 6.42. The van der Waals surface area contributed by atoms with Crippen LogP contribution in [0.5, 0.6) is 0 Å². The van der Waals surface area contributed by atoms with Crippen LogP contribution in [0.3, 0.4) is 0 Å². The van der Waals surface area contributed by atoms with Crippen molar-refractivity contribution in [2.45, 2.75) is 38.8 Å². The van der Waals surface area contributed by atoms with E-state index in [2.05, 4.69) is 19.7 Å².